The van der Waals surface area contributed by atoms with Crippen LogP contribution < -0.4 is 19.6 Å². The van der Waals surface area contributed by atoms with Crippen LogP contribution in [-0.4, -0.2) is 24.3 Å². The second-order valence-corrected chi connectivity index (χ2v) is 10.2. The van der Waals surface area contributed by atoms with Crippen molar-refractivity contribution in [2.45, 2.75) is 19.9 Å². The summed E-state index contributed by atoms with van der Waals surface area (Å²) < 4.78 is 18.8. The number of para-hydroxylation sites is 1. The van der Waals surface area contributed by atoms with E-state index in [4.69, 9.17) is 37.1 Å². The fraction of sp³-hybridized carbons (Fsp3) is 0.179. The number of carbonyl (C=O) groups excluding carboxylic acids is 1. The second kappa shape index (κ2) is 10.6. The van der Waals surface area contributed by atoms with Gasteiger partial charge in [-0.3, -0.25) is 9.36 Å². The van der Waals surface area contributed by atoms with Crippen LogP contribution in [0.2, 0.25) is 10.0 Å². The van der Waals surface area contributed by atoms with Crippen molar-refractivity contribution in [2.24, 2.45) is 4.99 Å². The number of aromatic nitrogens is 1. The SMILES string of the molecule is CCOC(=O)C1=C(C)N=c2sc(=Cc3ccc(-c4ccc(Cl)c(Cl)c4)o3)c(=O)n2C1c1ccccc1OC. The van der Waals surface area contributed by atoms with Crippen molar-refractivity contribution in [2.75, 3.05) is 13.7 Å². The van der Waals surface area contributed by atoms with E-state index in [1.54, 1.807) is 63.4 Å². The van der Waals surface area contributed by atoms with Crippen molar-refractivity contribution in [3.05, 3.63) is 107 Å². The number of allylic oxidation sites excluding steroid dienone is 1. The van der Waals surface area contributed by atoms with Gasteiger partial charge in [-0.05, 0) is 50.2 Å². The average molecular weight is 569 g/mol. The molecule has 0 N–H and O–H groups in total. The predicted molar refractivity (Wildman–Crippen MR) is 148 cm³/mol. The molecule has 7 nitrogen and oxygen atoms in total. The molecule has 1 aliphatic rings. The van der Waals surface area contributed by atoms with Gasteiger partial charge < -0.3 is 13.9 Å². The first-order chi connectivity index (χ1) is 18.3. The molecule has 0 amide bonds. The smallest absolute Gasteiger partial charge is 0.338 e. The van der Waals surface area contributed by atoms with Crippen LogP contribution in [0.25, 0.3) is 17.4 Å². The predicted octanol–water partition coefficient (Wildman–Crippen LogP) is 5.37. The van der Waals surface area contributed by atoms with Crippen molar-refractivity contribution < 1.29 is 18.7 Å². The molecule has 0 radical (unpaired) electrons. The normalized spacial score (nSPS) is 15.3. The molecule has 2 aromatic carbocycles. The lowest BCUT2D eigenvalue weighted by Gasteiger charge is -2.25. The Hall–Kier alpha value is -3.59. The van der Waals surface area contributed by atoms with Crippen LogP contribution in [0, 0.1) is 0 Å². The summed E-state index contributed by atoms with van der Waals surface area (Å²) in [6, 6.07) is 15.3. The topological polar surface area (TPSA) is 83.0 Å². The van der Waals surface area contributed by atoms with Gasteiger partial charge in [0.2, 0.25) is 0 Å². The van der Waals surface area contributed by atoms with E-state index in [0.29, 0.717) is 47.9 Å². The number of hydrogen-bond donors (Lipinski definition) is 0. The zero-order valence-corrected chi connectivity index (χ0v) is 23.0. The van der Waals surface area contributed by atoms with Crippen molar-refractivity contribution in [1.82, 2.24) is 4.57 Å². The number of thiazole rings is 1. The van der Waals surface area contributed by atoms with Gasteiger partial charge in [-0.25, -0.2) is 9.79 Å². The summed E-state index contributed by atoms with van der Waals surface area (Å²) in [4.78, 5) is 31.9. The van der Waals surface area contributed by atoms with Crippen LogP contribution in [0.5, 0.6) is 5.75 Å². The minimum atomic E-state index is -0.771. The Labute approximate surface area is 231 Å². The molecule has 2 aromatic heterocycles. The van der Waals surface area contributed by atoms with Gasteiger partial charge in [0.1, 0.15) is 23.3 Å². The van der Waals surface area contributed by atoms with Gasteiger partial charge in [0.15, 0.2) is 4.80 Å². The van der Waals surface area contributed by atoms with Gasteiger partial charge in [-0.15, -0.1) is 0 Å². The van der Waals surface area contributed by atoms with Gasteiger partial charge in [0.05, 0.1) is 39.6 Å². The Kier molecular flexibility index (Phi) is 7.29. The van der Waals surface area contributed by atoms with Crippen LogP contribution in [0.4, 0.5) is 0 Å². The molecule has 5 rings (SSSR count). The molecule has 10 heteroatoms. The highest BCUT2D eigenvalue weighted by atomic mass is 35.5. The first kappa shape index (κ1) is 26.0. The number of esters is 1. The number of hydrogen-bond acceptors (Lipinski definition) is 7. The maximum atomic E-state index is 13.8. The van der Waals surface area contributed by atoms with E-state index in [9.17, 15) is 9.59 Å². The van der Waals surface area contributed by atoms with E-state index in [1.807, 2.05) is 18.2 Å². The molecule has 0 spiro atoms. The van der Waals surface area contributed by atoms with E-state index in [0.717, 1.165) is 5.56 Å². The molecule has 38 heavy (non-hydrogen) atoms. The van der Waals surface area contributed by atoms with Crippen LogP contribution in [0.15, 0.2) is 80.1 Å². The molecular formula is C28H22Cl2N2O5S. The van der Waals surface area contributed by atoms with Crippen molar-refractivity contribution >= 4 is 46.6 Å². The highest BCUT2D eigenvalue weighted by Crippen LogP contribution is 2.35. The second-order valence-electron chi connectivity index (χ2n) is 8.38. The molecule has 1 atom stereocenters. The lowest BCUT2D eigenvalue weighted by Crippen LogP contribution is -2.40. The summed E-state index contributed by atoms with van der Waals surface area (Å²) in [6.07, 6.45) is 1.66. The molecular weight excluding hydrogens is 547 g/mol. The summed E-state index contributed by atoms with van der Waals surface area (Å²) >= 11 is 13.4. The number of ether oxygens (including phenoxy) is 2. The van der Waals surface area contributed by atoms with Crippen molar-refractivity contribution in [3.8, 4) is 17.1 Å². The van der Waals surface area contributed by atoms with Crippen molar-refractivity contribution in [1.29, 1.82) is 0 Å². The number of furan rings is 1. The Balaban J connectivity index is 1.65. The summed E-state index contributed by atoms with van der Waals surface area (Å²) in [5.74, 6) is 1.07. The minimum Gasteiger partial charge on any atom is -0.496 e. The fourth-order valence-corrected chi connectivity index (χ4v) is 5.67. The summed E-state index contributed by atoms with van der Waals surface area (Å²) in [5, 5.41) is 0.866. The summed E-state index contributed by atoms with van der Waals surface area (Å²) in [6.45, 7) is 3.66. The summed E-state index contributed by atoms with van der Waals surface area (Å²) in [5.41, 5.74) is 1.86. The molecule has 0 aliphatic carbocycles. The number of halogens is 2. The van der Waals surface area contributed by atoms with E-state index in [2.05, 4.69) is 4.99 Å². The largest absolute Gasteiger partial charge is 0.496 e. The number of benzene rings is 2. The zero-order chi connectivity index (χ0) is 27.0. The third-order valence-electron chi connectivity index (χ3n) is 6.05. The number of carbonyl (C=O) groups is 1. The van der Waals surface area contributed by atoms with E-state index < -0.39 is 12.0 Å². The van der Waals surface area contributed by atoms with Gasteiger partial charge >= 0.3 is 5.97 Å². The zero-order valence-electron chi connectivity index (χ0n) is 20.7. The molecule has 1 unspecified atom stereocenters. The van der Waals surface area contributed by atoms with Crippen LogP contribution in [0.3, 0.4) is 0 Å². The van der Waals surface area contributed by atoms with Crippen molar-refractivity contribution in [3.63, 3.8) is 0 Å². The minimum absolute atomic E-state index is 0.193. The highest BCUT2D eigenvalue weighted by molar-refractivity contribution is 7.07. The third-order valence-corrected chi connectivity index (χ3v) is 7.78. The quantitative estimate of drug-likeness (QED) is 0.292. The van der Waals surface area contributed by atoms with Gasteiger partial charge in [-0.2, -0.15) is 0 Å². The monoisotopic (exact) mass is 568 g/mol. The third kappa shape index (κ3) is 4.71. The van der Waals surface area contributed by atoms with Gasteiger partial charge in [0.25, 0.3) is 5.56 Å². The number of methoxy groups -OCH3 is 1. The maximum absolute atomic E-state index is 13.8. The Morgan fingerprint density at radius 1 is 1.16 bits per heavy atom. The number of rotatable bonds is 6. The first-order valence-electron chi connectivity index (χ1n) is 11.7. The van der Waals surface area contributed by atoms with E-state index >= 15 is 0 Å². The molecule has 1 aliphatic heterocycles. The lowest BCUT2D eigenvalue weighted by atomic mass is 9.95. The molecule has 3 heterocycles. The molecule has 0 bridgehead atoms. The van der Waals surface area contributed by atoms with E-state index in [-0.39, 0.29) is 17.7 Å². The van der Waals surface area contributed by atoms with Gasteiger partial charge in [0, 0.05) is 17.2 Å². The fourth-order valence-electron chi connectivity index (χ4n) is 4.34. The standard InChI is InChI=1S/C28H22Cl2N2O5S/c1-4-36-27(34)24-15(2)31-28-32(25(24)18-7-5-6-8-22(18)35-3)26(33)23(38-28)14-17-10-12-21(37-17)16-9-11-19(29)20(30)13-16/h5-14,25H,4H2,1-3H3. The Bertz CT molecular complexity index is 1770. The van der Waals surface area contributed by atoms with Crippen LogP contribution >= 0.6 is 34.5 Å². The average Bonchev–Trinajstić information content (AvgIpc) is 3.49. The first-order valence-corrected chi connectivity index (χ1v) is 13.3. The summed E-state index contributed by atoms with van der Waals surface area (Å²) in [7, 11) is 1.55. The van der Waals surface area contributed by atoms with Crippen LogP contribution in [-0.2, 0) is 9.53 Å². The maximum Gasteiger partial charge on any atom is 0.338 e. The molecule has 0 fully saturated rings. The van der Waals surface area contributed by atoms with E-state index in [1.165, 1.54) is 15.9 Å². The Morgan fingerprint density at radius 2 is 1.95 bits per heavy atom. The van der Waals surface area contributed by atoms with Crippen LogP contribution in [0.1, 0.15) is 31.2 Å². The lowest BCUT2D eigenvalue weighted by molar-refractivity contribution is -0.139. The highest BCUT2D eigenvalue weighted by Gasteiger charge is 2.35. The molecule has 4 aromatic rings. The molecule has 194 valence electrons. The number of nitrogens with zero attached hydrogens (tertiary/aromatic N) is 2. The van der Waals surface area contributed by atoms with Gasteiger partial charge in [-0.1, -0.05) is 52.7 Å². The molecule has 0 saturated heterocycles. The number of fused-ring (bicyclic) bond motifs is 1. The molecule has 0 saturated carbocycles. The Morgan fingerprint density at radius 3 is 2.68 bits per heavy atom.